The van der Waals surface area contributed by atoms with E-state index in [9.17, 15) is 0 Å². The first-order valence-electron chi connectivity index (χ1n) is 8.47. The van der Waals surface area contributed by atoms with E-state index in [4.69, 9.17) is 0 Å². The van der Waals surface area contributed by atoms with E-state index in [-0.39, 0.29) is 0 Å². The quantitative estimate of drug-likeness (QED) is 0.915. The Hall–Kier alpha value is -0.900. The number of nitrogens with one attached hydrogen (secondary N) is 1. The number of benzene rings is 1. The maximum Gasteiger partial charge on any atom is 0.0237 e. The van der Waals surface area contributed by atoms with Gasteiger partial charge in [-0.3, -0.25) is 4.90 Å². The summed E-state index contributed by atoms with van der Waals surface area (Å²) in [4.78, 5) is 5.25. The van der Waals surface area contributed by atoms with Crippen LogP contribution in [0.3, 0.4) is 0 Å². The van der Waals surface area contributed by atoms with Crippen LogP contribution in [0.4, 0.5) is 0 Å². The average Bonchev–Trinajstić information content (AvgIpc) is 2.49. The van der Waals surface area contributed by atoms with Crippen LogP contribution >= 0.6 is 0 Å². The fraction of sp³-hybridized carbons (Fsp3) is 0.667. The molecule has 1 N–H and O–H groups in total. The highest BCUT2D eigenvalue weighted by Crippen LogP contribution is 2.20. The van der Waals surface area contributed by atoms with Crippen LogP contribution in [0.25, 0.3) is 0 Å². The van der Waals surface area contributed by atoms with Crippen molar-refractivity contribution in [2.75, 3.05) is 39.3 Å². The molecule has 3 nitrogen and oxygen atoms in total. The van der Waals surface area contributed by atoms with Crippen LogP contribution in [0.5, 0.6) is 0 Å². The molecule has 3 heteroatoms. The van der Waals surface area contributed by atoms with Crippen LogP contribution in [0.2, 0.25) is 0 Å². The van der Waals surface area contributed by atoms with Gasteiger partial charge in [0.15, 0.2) is 0 Å². The zero-order valence-corrected chi connectivity index (χ0v) is 13.6. The van der Waals surface area contributed by atoms with Gasteiger partial charge in [-0.15, -0.1) is 0 Å². The van der Waals surface area contributed by atoms with Crippen LogP contribution in [0.1, 0.15) is 30.5 Å². The second-order valence-electron chi connectivity index (χ2n) is 6.95. The van der Waals surface area contributed by atoms with Crippen LogP contribution < -0.4 is 5.32 Å². The van der Waals surface area contributed by atoms with Crippen molar-refractivity contribution in [2.24, 2.45) is 5.92 Å². The van der Waals surface area contributed by atoms with Crippen molar-refractivity contribution >= 4 is 0 Å². The number of rotatable bonds is 4. The second-order valence-corrected chi connectivity index (χ2v) is 6.95. The van der Waals surface area contributed by atoms with E-state index in [1.165, 1.54) is 44.7 Å². The van der Waals surface area contributed by atoms with Gasteiger partial charge in [-0.05, 0) is 35.6 Å². The van der Waals surface area contributed by atoms with Gasteiger partial charge in [0.05, 0.1) is 0 Å². The molecule has 1 saturated heterocycles. The molecule has 21 heavy (non-hydrogen) atoms. The molecular formula is C18H29N3. The van der Waals surface area contributed by atoms with E-state index in [2.05, 4.69) is 47.2 Å². The van der Waals surface area contributed by atoms with Crippen LogP contribution in [0.15, 0.2) is 18.2 Å². The van der Waals surface area contributed by atoms with E-state index in [1.807, 2.05) is 0 Å². The Morgan fingerprint density at radius 3 is 2.62 bits per heavy atom. The summed E-state index contributed by atoms with van der Waals surface area (Å²) in [5.74, 6) is 0.783. The summed E-state index contributed by atoms with van der Waals surface area (Å²) in [5.41, 5.74) is 4.68. The Kier molecular flexibility index (Phi) is 4.94. The molecular weight excluding hydrogens is 258 g/mol. The Morgan fingerprint density at radius 1 is 1.10 bits per heavy atom. The summed E-state index contributed by atoms with van der Waals surface area (Å²) < 4.78 is 0. The van der Waals surface area contributed by atoms with E-state index in [0.29, 0.717) is 0 Å². The SMILES string of the molecule is CC(C)CN1CCN(Cc2cccc3c2CCNC3)CC1. The lowest BCUT2D eigenvalue weighted by molar-refractivity contribution is 0.117. The summed E-state index contributed by atoms with van der Waals surface area (Å²) in [6.45, 7) is 14.1. The molecule has 1 aromatic carbocycles. The van der Waals surface area contributed by atoms with E-state index in [0.717, 1.165) is 25.6 Å². The maximum absolute atomic E-state index is 3.48. The number of nitrogens with zero attached hydrogens (tertiary/aromatic N) is 2. The minimum absolute atomic E-state index is 0.783. The molecule has 1 aromatic rings. The van der Waals surface area contributed by atoms with Crippen molar-refractivity contribution in [3.63, 3.8) is 0 Å². The Balaban J connectivity index is 1.58. The van der Waals surface area contributed by atoms with Crippen molar-refractivity contribution < 1.29 is 0 Å². The summed E-state index contributed by atoms with van der Waals surface area (Å²) in [7, 11) is 0. The molecule has 0 amide bonds. The molecule has 0 spiro atoms. The highest BCUT2D eigenvalue weighted by molar-refractivity contribution is 5.37. The monoisotopic (exact) mass is 287 g/mol. The molecule has 0 aromatic heterocycles. The number of hydrogen-bond acceptors (Lipinski definition) is 3. The van der Waals surface area contributed by atoms with Gasteiger partial charge in [-0.25, -0.2) is 0 Å². The molecule has 0 radical (unpaired) electrons. The molecule has 3 rings (SSSR count). The third kappa shape index (κ3) is 3.85. The molecule has 0 aliphatic carbocycles. The lowest BCUT2D eigenvalue weighted by Gasteiger charge is -2.36. The highest BCUT2D eigenvalue weighted by atomic mass is 15.3. The normalized spacial score (nSPS) is 20.7. The molecule has 0 bridgehead atoms. The zero-order valence-electron chi connectivity index (χ0n) is 13.6. The summed E-state index contributed by atoms with van der Waals surface area (Å²) in [6.07, 6.45) is 1.19. The van der Waals surface area contributed by atoms with Crippen molar-refractivity contribution in [3.8, 4) is 0 Å². The Bertz CT molecular complexity index is 462. The number of hydrogen-bond donors (Lipinski definition) is 1. The Morgan fingerprint density at radius 2 is 1.86 bits per heavy atom. The van der Waals surface area contributed by atoms with E-state index >= 15 is 0 Å². The predicted octanol–water partition coefficient (Wildman–Crippen LogP) is 2.11. The maximum atomic E-state index is 3.48. The van der Waals surface area contributed by atoms with Gasteiger partial charge in [-0.2, -0.15) is 0 Å². The van der Waals surface area contributed by atoms with Gasteiger partial charge in [0.1, 0.15) is 0 Å². The minimum atomic E-state index is 0.783. The molecule has 1 fully saturated rings. The van der Waals surface area contributed by atoms with Crippen molar-refractivity contribution in [1.29, 1.82) is 0 Å². The van der Waals surface area contributed by atoms with Gasteiger partial charge in [0.25, 0.3) is 0 Å². The van der Waals surface area contributed by atoms with Crippen molar-refractivity contribution in [3.05, 3.63) is 34.9 Å². The molecule has 0 saturated carbocycles. The van der Waals surface area contributed by atoms with E-state index in [1.54, 1.807) is 11.1 Å². The summed E-state index contributed by atoms with van der Waals surface area (Å²) >= 11 is 0. The first kappa shape index (κ1) is 15.0. The summed E-state index contributed by atoms with van der Waals surface area (Å²) in [6, 6.07) is 6.85. The standard InChI is InChI=1S/C18H29N3/c1-15(2)13-20-8-10-21(11-9-20)14-17-5-3-4-16-12-19-7-6-18(16)17/h3-5,15,19H,6-14H2,1-2H3. The van der Waals surface area contributed by atoms with Crippen molar-refractivity contribution in [1.82, 2.24) is 15.1 Å². The molecule has 2 aliphatic rings. The van der Waals surface area contributed by atoms with Gasteiger partial charge < -0.3 is 10.2 Å². The minimum Gasteiger partial charge on any atom is -0.312 e. The van der Waals surface area contributed by atoms with Crippen molar-refractivity contribution in [2.45, 2.75) is 33.4 Å². The highest BCUT2D eigenvalue weighted by Gasteiger charge is 2.19. The molecule has 0 atom stereocenters. The first-order chi connectivity index (χ1) is 10.2. The molecule has 2 heterocycles. The zero-order chi connectivity index (χ0) is 14.7. The fourth-order valence-electron chi connectivity index (χ4n) is 3.65. The van der Waals surface area contributed by atoms with E-state index < -0.39 is 0 Å². The molecule has 116 valence electrons. The lowest BCUT2D eigenvalue weighted by Crippen LogP contribution is -2.47. The second kappa shape index (κ2) is 6.91. The smallest absolute Gasteiger partial charge is 0.0237 e. The van der Waals surface area contributed by atoms with Gasteiger partial charge >= 0.3 is 0 Å². The Labute approximate surface area is 129 Å². The van der Waals surface area contributed by atoms with Gasteiger partial charge in [-0.1, -0.05) is 32.0 Å². The first-order valence-corrected chi connectivity index (χ1v) is 8.47. The fourth-order valence-corrected chi connectivity index (χ4v) is 3.65. The van der Waals surface area contributed by atoms with Crippen LogP contribution in [-0.2, 0) is 19.5 Å². The van der Waals surface area contributed by atoms with Crippen LogP contribution in [-0.4, -0.2) is 49.1 Å². The lowest BCUT2D eigenvalue weighted by atomic mass is 9.95. The molecule has 0 unspecified atom stereocenters. The third-order valence-electron chi connectivity index (χ3n) is 4.72. The number of fused-ring (bicyclic) bond motifs is 1. The average molecular weight is 287 g/mol. The largest absolute Gasteiger partial charge is 0.312 e. The van der Waals surface area contributed by atoms with Gasteiger partial charge in [0.2, 0.25) is 0 Å². The van der Waals surface area contributed by atoms with Crippen LogP contribution in [0, 0.1) is 5.92 Å². The topological polar surface area (TPSA) is 18.5 Å². The number of piperazine rings is 1. The predicted molar refractivity (Wildman–Crippen MR) is 88.4 cm³/mol. The molecule has 2 aliphatic heterocycles. The summed E-state index contributed by atoms with van der Waals surface area (Å²) in [5, 5.41) is 3.48. The third-order valence-corrected chi connectivity index (χ3v) is 4.72. The van der Waals surface area contributed by atoms with Gasteiger partial charge in [0, 0.05) is 45.8 Å².